The average Bonchev–Trinajstić information content (AvgIpc) is 2.98. The first-order valence-corrected chi connectivity index (χ1v) is 9.06. The van der Waals surface area contributed by atoms with E-state index in [1.54, 1.807) is 24.3 Å². The van der Waals surface area contributed by atoms with Gasteiger partial charge < -0.3 is 14.7 Å². The van der Waals surface area contributed by atoms with Crippen molar-refractivity contribution >= 4 is 23.1 Å². The summed E-state index contributed by atoms with van der Waals surface area (Å²) in [5, 5.41) is 22.0. The maximum atomic E-state index is 12.8. The number of hydrogen-bond donors (Lipinski definition) is 1. The summed E-state index contributed by atoms with van der Waals surface area (Å²) >= 11 is 0. The average molecular weight is 396 g/mol. The fourth-order valence-electron chi connectivity index (χ4n) is 3.43. The van der Waals surface area contributed by atoms with Gasteiger partial charge in [-0.25, -0.2) is 0 Å². The van der Waals surface area contributed by atoms with E-state index in [0.29, 0.717) is 24.3 Å². The fourth-order valence-corrected chi connectivity index (χ4v) is 3.43. The molecule has 0 saturated carbocycles. The number of amides is 1. The molecule has 150 valence electrons. The Morgan fingerprint density at radius 3 is 2.59 bits per heavy atom. The molecule has 2 aromatic carbocycles. The molecule has 2 aromatic rings. The van der Waals surface area contributed by atoms with E-state index in [9.17, 15) is 24.8 Å². The van der Waals surface area contributed by atoms with Crippen molar-refractivity contribution in [3.8, 4) is 5.75 Å². The molecule has 0 spiro atoms. The summed E-state index contributed by atoms with van der Waals surface area (Å²) in [5.41, 5.74) is 0.373. The first-order valence-electron chi connectivity index (χ1n) is 9.06. The molecule has 1 saturated heterocycles. The summed E-state index contributed by atoms with van der Waals surface area (Å²) < 4.78 is 5.24. The summed E-state index contributed by atoms with van der Waals surface area (Å²) in [6, 6.07) is 11.4. The Morgan fingerprint density at radius 2 is 1.93 bits per heavy atom. The molecule has 1 atom stereocenters. The molecule has 3 rings (SSSR count). The van der Waals surface area contributed by atoms with Gasteiger partial charge in [0.1, 0.15) is 11.5 Å². The van der Waals surface area contributed by atoms with Crippen molar-refractivity contribution in [2.24, 2.45) is 0 Å². The lowest BCUT2D eigenvalue weighted by atomic mass is 9.95. The molecule has 1 amide bonds. The van der Waals surface area contributed by atoms with Gasteiger partial charge in [-0.05, 0) is 24.1 Å². The third-order valence-electron chi connectivity index (χ3n) is 4.74. The maximum Gasteiger partial charge on any atom is 0.295 e. The maximum absolute atomic E-state index is 12.8. The van der Waals surface area contributed by atoms with Crippen molar-refractivity contribution in [2.75, 3.05) is 13.7 Å². The smallest absolute Gasteiger partial charge is 0.295 e. The summed E-state index contributed by atoms with van der Waals surface area (Å²) in [6.45, 7) is 2.20. The van der Waals surface area contributed by atoms with Crippen LogP contribution in [0.1, 0.15) is 30.5 Å². The number of ketones is 1. The number of ether oxygens (including phenoxy) is 1. The highest BCUT2D eigenvalue weighted by molar-refractivity contribution is 6.46. The number of Topliss-reactive ketones (excluding diaryl/α,β-unsaturated/α-hetero) is 1. The Balaban J connectivity index is 2.21. The number of nitrogens with zero attached hydrogens (tertiary/aromatic N) is 2. The summed E-state index contributed by atoms with van der Waals surface area (Å²) in [6.07, 6.45) is 0.615. The van der Waals surface area contributed by atoms with Crippen LogP contribution in [-0.4, -0.2) is 40.3 Å². The van der Waals surface area contributed by atoms with Gasteiger partial charge in [-0.2, -0.15) is 0 Å². The van der Waals surface area contributed by atoms with E-state index in [4.69, 9.17) is 4.74 Å². The molecule has 0 bridgehead atoms. The Bertz CT molecular complexity index is 1010. The minimum atomic E-state index is -0.824. The van der Waals surface area contributed by atoms with Gasteiger partial charge in [-0.15, -0.1) is 0 Å². The number of hydrogen-bond acceptors (Lipinski definition) is 6. The molecule has 1 aliphatic rings. The molecular weight excluding hydrogens is 376 g/mol. The second-order valence-electron chi connectivity index (χ2n) is 6.58. The van der Waals surface area contributed by atoms with E-state index in [1.165, 1.54) is 36.3 Å². The molecule has 1 unspecified atom stereocenters. The summed E-state index contributed by atoms with van der Waals surface area (Å²) in [4.78, 5) is 37.3. The fraction of sp³-hybridized carbons (Fsp3) is 0.238. The van der Waals surface area contributed by atoms with Crippen molar-refractivity contribution in [1.82, 2.24) is 4.90 Å². The lowest BCUT2D eigenvalue weighted by Crippen LogP contribution is -2.30. The monoisotopic (exact) mass is 396 g/mol. The zero-order chi connectivity index (χ0) is 21.1. The number of likely N-dealkylation sites (tertiary alicyclic amines) is 1. The highest BCUT2D eigenvalue weighted by Gasteiger charge is 2.45. The molecular formula is C21H20N2O6. The Labute approximate surface area is 167 Å². The SMILES string of the molecule is CCCN1C(=O)C(=O)/C(=C(\O)c2cccc([N+](=O)[O-])c2)C1c1cccc(OC)c1. The van der Waals surface area contributed by atoms with Gasteiger partial charge in [0.2, 0.25) is 0 Å². The van der Waals surface area contributed by atoms with Crippen molar-refractivity contribution in [1.29, 1.82) is 0 Å². The molecule has 8 heteroatoms. The van der Waals surface area contributed by atoms with E-state index < -0.39 is 28.4 Å². The van der Waals surface area contributed by atoms with Crippen molar-refractivity contribution in [2.45, 2.75) is 19.4 Å². The van der Waals surface area contributed by atoms with E-state index in [0.717, 1.165) is 0 Å². The predicted octanol–water partition coefficient (Wildman–Crippen LogP) is 3.44. The highest BCUT2D eigenvalue weighted by atomic mass is 16.6. The van der Waals surface area contributed by atoms with Crippen LogP contribution in [0.25, 0.3) is 5.76 Å². The van der Waals surface area contributed by atoms with Gasteiger partial charge in [0.25, 0.3) is 17.4 Å². The first-order chi connectivity index (χ1) is 13.9. The van der Waals surface area contributed by atoms with E-state index in [1.807, 2.05) is 6.92 Å². The molecule has 1 N–H and O–H groups in total. The summed E-state index contributed by atoms with van der Waals surface area (Å²) in [7, 11) is 1.51. The third-order valence-corrected chi connectivity index (χ3v) is 4.74. The number of rotatable bonds is 6. The number of carbonyl (C=O) groups is 2. The topological polar surface area (TPSA) is 110 Å². The van der Waals surface area contributed by atoms with Gasteiger partial charge in [-0.3, -0.25) is 19.7 Å². The van der Waals surface area contributed by atoms with Crippen LogP contribution in [-0.2, 0) is 9.59 Å². The van der Waals surface area contributed by atoms with Gasteiger partial charge in [0, 0.05) is 24.2 Å². The number of nitro benzene ring substituents is 1. The van der Waals surface area contributed by atoms with Gasteiger partial charge in [0.05, 0.1) is 23.6 Å². The zero-order valence-corrected chi connectivity index (χ0v) is 16.0. The van der Waals surface area contributed by atoms with Crippen LogP contribution in [0.3, 0.4) is 0 Å². The number of aliphatic hydroxyl groups is 1. The van der Waals surface area contributed by atoms with Crippen molar-refractivity contribution < 1.29 is 24.4 Å². The van der Waals surface area contributed by atoms with Crippen LogP contribution in [0.2, 0.25) is 0 Å². The molecule has 0 aliphatic carbocycles. The molecule has 0 radical (unpaired) electrons. The first kappa shape index (κ1) is 20.1. The zero-order valence-electron chi connectivity index (χ0n) is 16.0. The van der Waals surface area contributed by atoms with E-state index in [-0.39, 0.29) is 16.8 Å². The number of carbonyl (C=O) groups excluding carboxylic acids is 2. The van der Waals surface area contributed by atoms with Gasteiger partial charge in [-0.1, -0.05) is 31.2 Å². The minimum Gasteiger partial charge on any atom is -0.507 e. The molecule has 29 heavy (non-hydrogen) atoms. The Kier molecular flexibility index (Phi) is 5.63. The lowest BCUT2D eigenvalue weighted by molar-refractivity contribution is -0.384. The van der Waals surface area contributed by atoms with Crippen LogP contribution in [0.4, 0.5) is 5.69 Å². The minimum absolute atomic E-state index is 0.0987. The van der Waals surface area contributed by atoms with Crippen molar-refractivity contribution in [3.05, 3.63) is 75.3 Å². The Hall–Kier alpha value is -3.68. The van der Waals surface area contributed by atoms with Crippen LogP contribution < -0.4 is 4.74 Å². The molecule has 0 aromatic heterocycles. The second kappa shape index (κ2) is 8.14. The number of non-ortho nitro benzene ring substituents is 1. The van der Waals surface area contributed by atoms with Crippen LogP contribution in [0.15, 0.2) is 54.1 Å². The number of benzene rings is 2. The molecule has 1 fully saturated rings. The standard InChI is InChI=1S/C21H20N2O6/c1-3-10-22-18(13-6-5-9-16(12-13)29-2)17(20(25)21(22)26)19(24)14-7-4-8-15(11-14)23(27)28/h4-9,11-12,18,24H,3,10H2,1-2H3/b19-17-. The van der Waals surface area contributed by atoms with Gasteiger partial charge >= 0.3 is 0 Å². The molecule has 1 heterocycles. The van der Waals surface area contributed by atoms with Crippen LogP contribution in [0.5, 0.6) is 5.75 Å². The predicted molar refractivity (Wildman–Crippen MR) is 105 cm³/mol. The van der Waals surface area contributed by atoms with E-state index in [2.05, 4.69) is 0 Å². The van der Waals surface area contributed by atoms with Crippen molar-refractivity contribution in [3.63, 3.8) is 0 Å². The summed E-state index contributed by atoms with van der Waals surface area (Å²) in [5.74, 6) is -1.44. The third kappa shape index (κ3) is 3.69. The molecule has 8 nitrogen and oxygen atoms in total. The Morgan fingerprint density at radius 1 is 1.21 bits per heavy atom. The van der Waals surface area contributed by atoms with Gasteiger partial charge in [0.15, 0.2) is 0 Å². The normalized spacial score (nSPS) is 18.1. The number of nitro groups is 1. The quantitative estimate of drug-likeness (QED) is 0.263. The van der Waals surface area contributed by atoms with E-state index >= 15 is 0 Å². The number of aliphatic hydroxyl groups excluding tert-OH is 1. The largest absolute Gasteiger partial charge is 0.507 e. The van der Waals surface area contributed by atoms with Crippen LogP contribution >= 0.6 is 0 Å². The molecule has 1 aliphatic heterocycles. The lowest BCUT2D eigenvalue weighted by Gasteiger charge is -2.25. The van der Waals surface area contributed by atoms with Crippen LogP contribution in [0, 0.1) is 10.1 Å². The second-order valence-corrected chi connectivity index (χ2v) is 6.58. The number of methoxy groups -OCH3 is 1. The highest BCUT2D eigenvalue weighted by Crippen LogP contribution is 2.40.